The third kappa shape index (κ3) is 8.47. The van der Waals surface area contributed by atoms with E-state index in [2.05, 4.69) is 10.5 Å². The summed E-state index contributed by atoms with van der Waals surface area (Å²) in [5.74, 6) is -2.62. The van der Waals surface area contributed by atoms with Crippen molar-refractivity contribution < 1.29 is 59.4 Å². The highest BCUT2D eigenvalue weighted by Crippen LogP contribution is 2.39. The molecule has 0 fully saturated rings. The van der Waals surface area contributed by atoms with Crippen molar-refractivity contribution in [2.75, 3.05) is 13.2 Å². The molecule has 2 aromatic carbocycles. The number of esters is 1. The van der Waals surface area contributed by atoms with Crippen molar-refractivity contribution in [2.45, 2.75) is 24.2 Å². The number of hydrogen-bond acceptors (Lipinski definition) is 6. The number of rotatable bonds is 5. The third-order valence-electron chi connectivity index (χ3n) is 3.83. The molecular weight excluding hydrogens is 484 g/mol. The van der Waals surface area contributed by atoms with Crippen LogP contribution in [-0.4, -0.2) is 37.9 Å². The van der Waals surface area contributed by atoms with Crippen molar-refractivity contribution in [3.8, 4) is 0 Å². The van der Waals surface area contributed by atoms with E-state index in [4.69, 9.17) is 0 Å². The maximum absolute atomic E-state index is 12.8. The van der Waals surface area contributed by atoms with E-state index in [1.54, 1.807) is 12.1 Å². The second-order valence-electron chi connectivity index (χ2n) is 6.36. The van der Waals surface area contributed by atoms with Crippen molar-refractivity contribution in [1.29, 1.82) is 0 Å². The molecule has 0 unspecified atom stereocenters. The monoisotopic (exact) mass is 501 g/mol. The number of carbonyl (C=O) groups is 2. The number of ether oxygens (including phenoxy) is 1. The van der Waals surface area contributed by atoms with Crippen molar-refractivity contribution in [3.05, 3.63) is 64.7 Å². The molecule has 2 aromatic rings. The van der Waals surface area contributed by atoms with E-state index in [0.29, 0.717) is 18.2 Å². The van der Waals surface area contributed by atoms with Crippen LogP contribution in [0.3, 0.4) is 0 Å². The van der Waals surface area contributed by atoms with E-state index < -0.39 is 57.5 Å². The van der Waals surface area contributed by atoms with Gasteiger partial charge in [0, 0.05) is 0 Å². The van der Waals surface area contributed by atoms with Gasteiger partial charge in [-0.1, -0.05) is 23.8 Å². The molecule has 33 heavy (non-hydrogen) atoms. The standard InChI is InChI=1S/C12H9F6NO3.C7H8O3S/c13-11(14,15)7-2-1-3-8(12(16,17)18)9(7)10(21)22-5-6(20)4-19;1-6-2-4-7(5-3-6)11(8,9)10/h1-3H,4-5,19H2;2-5H,1H3,(H,8,9,10). The number of benzene rings is 2. The Labute approximate surface area is 183 Å². The summed E-state index contributed by atoms with van der Waals surface area (Å²) in [6, 6.07) is 6.97. The van der Waals surface area contributed by atoms with Crippen LogP contribution in [0.4, 0.5) is 26.3 Å². The smallest absolute Gasteiger partial charge is 0.417 e. The van der Waals surface area contributed by atoms with Crippen LogP contribution in [0, 0.1) is 6.92 Å². The van der Waals surface area contributed by atoms with Crippen LogP contribution in [0.25, 0.3) is 0 Å². The molecule has 7 nitrogen and oxygen atoms in total. The Hall–Kier alpha value is -2.97. The summed E-state index contributed by atoms with van der Waals surface area (Å²) in [7, 11) is -4.27. The second kappa shape index (κ2) is 10.8. The van der Waals surface area contributed by atoms with E-state index in [9.17, 15) is 48.9 Å². The number of halogens is 6. The fraction of sp³-hybridized carbons (Fsp3) is 0.263. The molecule has 0 aromatic heterocycles. The lowest BCUT2D eigenvalue weighted by molar-refractivity contribution is -0.354. The number of carbonyl (C=O) groups excluding carboxylic acids is 2. The quantitative estimate of drug-likeness (QED) is 0.381. The fourth-order valence-electron chi connectivity index (χ4n) is 2.24. The van der Waals surface area contributed by atoms with Gasteiger partial charge in [0.05, 0.1) is 21.6 Å². The summed E-state index contributed by atoms with van der Waals surface area (Å²) in [6.07, 6.45) is -10.4. The Morgan fingerprint density at radius 3 is 1.76 bits per heavy atom. The Morgan fingerprint density at radius 1 is 0.939 bits per heavy atom. The molecule has 0 atom stereocenters. The van der Waals surface area contributed by atoms with Gasteiger partial charge < -0.3 is 15.0 Å². The Kier molecular flexibility index (Phi) is 9.15. The van der Waals surface area contributed by atoms with E-state index in [-0.39, 0.29) is 11.4 Å². The van der Waals surface area contributed by atoms with Gasteiger partial charge in [0.15, 0.2) is 6.61 Å². The van der Waals surface area contributed by atoms with Gasteiger partial charge in [-0.05, 0) is 31.2 Å². The average Bonchev–Trinajstić information content (AvgIpc) is 2.70. The van der Waals surface area contributed by atoms with Crippen molar-refractivity contribution in [2.24, 2.45) is 0 Å². The van der Waals surface area contributed by atoms with Gasteiger partial charge in [-0.25, -0.2) is 13.2 Å². The third-order valence-corrected chi connectivity index (χ3v) is 4.68. The molecule has 2 rings (SSSR count). The summed E-state index contributed by atoms with van der Waals surface area (Å²) in [6.45, 7) is 0.549. The van der Waals surface area contributed by atoms with Crippen LogP contribution in [0.5, 0.6) is 0 Å². The first kappa shape index (κ1) is 28.1. The van der Waals surface area contributed by atoms with Gasteiger partial charge in [-0.15, -0.1) is 0 Å². The molecule has 14 heteroatoms. The molecule has 0 amide bonds. The Morgan fingerprint density at radius 2 is 1.39 bits per heavy atom. The lowest BCUT2D eigenvalue weighted by Gasteiger charge is -2.17. The minimum atomic E-state index is -5.19. The second-order valence-corrected chi connectivity index (χ2v) is 7.74. The SMILES string of the molecule is Cc1ccc(S(=O)(=O)[O-])cc1.[NH3+]CC(=O)COC(=O)c1c(C(F)(F)F)cccc1C(F)(F)F. The van der Waals surface area contributed by atoms with Crippen LogP contribution in [-0.2, 0) is 32.0 Å². The fourth-order valence-corrected chi connectivity index (χ4v) is 2.71. The maximum Gasteiger partial charge on any atom is 0.417 e. The van der Waals surface area contributed by atoms with Crippen molar-refractivity contribution in [1.82, 2.24) is 0 Å². The predicted octanol–water partition coefficient (Wildman–Crippen LogP) is 2.59. The molecule has 0 aliphatic heterocycles. The highest BCUT2D eigenvalue weighted by atomic mass is 32.2. The van der Waals surface area contributed by atoms with Crippen LogP contribution < -0.4 is 5.73 Å². The Balaban J connectivity index is 0.000000412. The van der Waals surface area contributed by atoms with Gasteiger partial charge in [0.2, 0.25) is 5.78 Å². The zero-order valence-corrected chi connectivity index (χ0v) is 17.6. The predicted molar refractivity (Wildman–Crippen MR) is 98.6 cm³/mol. The molecular formula is C19H17F6NO6S. The van der Waals surface area contributed by atoms with E-state index in [1.165, 1.54) is 12.1 Å². The highest BCUT2D eigenvalue weighted by Gasteiger charge is 2.43. The number of quaternary nitrogens is 1. The molecule has 0 saturated heterocycles. The molecule has 182 valence electrons. The molecule has 0 saturated carbocycles. The molecule has 0 aliphatic rings. The molecule has 0 spiro atoms. The molecule has 0 heterocycles. The van der Waals surface area contributed by atoms with E-state index in [0.717, 1.165) is 5.56 Å². The molecule has 0 bridgehead atoms. The first-order chi connectivity index (χ1) is 15.0. The number of alkyl halides is 6. The minimum absolute atomic E-state index is 0.178. The zero-order valence-electron chi connectivity index (χ0n) is 16.8. The summed E-state index contributed by atoms with van der Waals surface area (Å²) in [4.78, 5) is 22.4. The number of ketones is 1. The van der Waals surface area contributed by atoms with Gasteiger partial charge in [-0.3, -0.25) is 4.79 Å². The van der Waals surface area contributed by atoms with E-state index in [1.807, 2.05) is 6.92 Å². The number of aryl methyl sites for hydroxylation is 1. The Bertz CT molecular complexity index is 1060. The van der Waals surface area contributed by atoms with Crippen LogP contribution in [0.2, 0.25) is 0 Å². The summed E-state index contributed by atoms with van der Waals surface area (Å²) < 4.78 is 112. The first-order valence-corrected chi connectivity index (χ1v) is 10.2. The topological polar surface area (TPSA) is 128 Å². The van der Waals surface area contributed by atoms with Crippen molar-refractivity contribution >= 4 is 21.9 Å². The van der Waals surface area contributed by atoms with Gasteiger partial charge in [0.1, 0.15) is 16.7 Å². The maximum atomic E-state index is 12.8. The highest BCUT2D eigenvalue weighted by molar-refractivity contribution is 7.85. The summed E-state index contributed by atoms with van der Waals surface area (Å²) in [5.41, 5.74) is -1.16. The molecule has 0 radical (unpaired) electrons. The van der Waals surface area contributed by atoms with Crippen molar-refractivity contribution in [3.63, 3.8) is 0 Å². The molecule has 0 aliphatic carbocycles. The van der Waals surface area contributed by atoms with Gasteiger partial charge >= 0.3 is 18.3 Å². The zero-order chi connectivity index (χ0) is 25.6. The average molecular weight is 501 g/mol. The van der Waals surface area contributed by atoms with Crippen LogP contribution >= 0.6 is 0 Å². The van der Waals surface area contributed by atoms with Crippen LogP contribution in [0.15, 0.2) is 47.4 Å². The lowest BCUT2D eigenvalue weighted by atomic mass is 10.00. The summed E-state index contributed by atoms with van der Waals surface area (Å²) in [5, 5.41) is 0. The normalized spacial score (nSPS) is 11.9. The van der Waals surface area contributed by atoms with Gasteiger partial charge in [0.25, 0.3) is 0 Å². The van der Waals surface area contributed by atoms with E-state index >= 15 is 0 Å². The van der Waals surface area contributed by atoms with Gasteiger partial charge in [-0.2, -0.15) is 26.3 Å². The molecule has 3 N–H and O–H groups in total. The largest absolute Gasteiger partial charge is 0.744 e. The number of hydrogen-bond donors (Lipinski definition) is 1. The van der Waals surface area contributed by atoms with Crippen LogP contribution in [0.1, 0.15) is 27.0 Å². The minimum Gasteiger partial charge on any atom is -0.744 e. The number of Topliss-reactive ketones (excluding diaryl/α,β-unsaturated/α-hetero) is 1. The first-order valence-electron chi connectivity index (χ1n) is 8.76. The lowest BCUT2D eigenvalue weighted by Crippen LogP contribution is -2.55. The summed E-state index contributed by atoms with van der Waals surface area (Å²) >= 11 is 0.